The molecule has 0 aliphatic rings. The van der Waals surface area contributed by atoms with E-state index in [0.717, 1.165) is 17.0 Å². The third-order valence-corrected chi connectivity index (χ3v) is 4.81. The van der Waals surface area contributed by atoms with Crippen LogP contribution in [0.3, 0.4) is 0 Å². The number of carbonyl (C=O) groups is 2. The van der Waals surface area contributed by atoms with Gasteiger partial charge in [-0.25, -0.2) is 9.67 Å². The van der Waals surface area contributed by atoms with Gasteiger partial charge in [0.15, 0.2) is 0 Å². The van der Waals surface area contributed by atoms with Crippen LogP contribution < -0.4 is 5.32 Å². The smallest absolute Gasteiger partial charge is 0.292 e. The van der Waals surface area contributed by atoms with Crippen molar-refractivity contribution in [1.82, 2.24) is 24.5 Å². The number of hydrogen-bond acceptors (Lipinski definition) is 4. The fourth-order valence-electron chi connectivity index (χ4n) is 3.40. The summed E-state index contributed by atoms with van der Waals surface area (Å²) in [5.41, 5.74) is 4.08. The Hall–Kier alpha value is -3.74. The molecule has 0 aliphatic heterocycles. The second-order valence-electron chi connectivity index (χ2n) is 6.83. The molecule has 0 bridgehead atoms. The number of aromatic nitrogens is 4. The number of aryl methyl sites for hydroxylation is 1. The summed E-state index contributed by atoms with van der Waals surface area (Å²) in [6.07, 6.45) is 4.38. The van der Waals surface area contributed by atoms with Gasteiger partial charge in [0.1, 0.15) is 5.65 Å². The van der Waals surface area contributed by atoms with Crippen molar-refractivity contribution in [3.05, 3.63) is 83.6 Å². The molecule has 0 aliphatic carbocycles. The minimum atomic E-state index is -0.632. The fourth-order valence-corrected chi connectivity index (χ4v) is 3.40. The number of fused-ring (bicyclic) bond motifs is 1. The first-order valence-electron chi connectivity index (χ1n) is 9.41. The summed E-state index contributed by atoms with van der Waals surface area (Å²) >= 11 is 0. The standard InChI is InChI=1S/C22H21N5O2/c1-15-20(16(2)27(25-15)18-8-4-3-5-9-18)21(28)22(29)23-12-11-17-14-26-13-7-6-10-19(26)24-17/h3-10,13-14H,11-12H2,1-2H3,(H,23,29). The van der Waals surface area contributed by atoms with E-state index in [1.54, 1.807) is 18.5 Å². The first-order chi connectivity index (χ1) is 14.0. The first kappa shape index (κ1) is 18.6. The van der Waals surface area contributed by atoms with Crippen LogP contribution in [-0.2, 0) is 11.2 Å². The number of nitrogens with zero attached hydrogens (tertiary/aromatic N) is 4. The average Bonchev–Trinajstić information content (AvgIpc) is 3.28. The van der Waals surface area contributed by atoms with Crippen molar-refractivity contribution >= 4 is 17.3 Å². The number of pyridine rings is 1. The highest BCUT2D eigenvalue weighted by Gasteiger charge is 2.24. The highest BCUT2D eigenvalue weighted by Crippen LogP contribution is 2.18. The van der Waals surface area contributed by atoms with Gasteiger partial charge in [-0.1, -0.05) is 24.3 Å². The van der Waals surface area contributed by atoms with Gasteiger partial charge >= 0.3 is 0 Å². The van der Waals surface area contributed by atoms with Crippen LogP contribution in [0.2, 0.25) is 0 Å². The van der Waals surface area contributed by atoms with Crippen molar-refractivity contribution in [3.8, 4) is 5.69 Å². The summed E-state index contributed by atoms with van der Waals surface area (Å²) in [4.78, 5) is 29.7. The molecule has 7 nitrogen and oxygen atoms in total. The molecular weight excluding hydrogens is 366 g/mol. The second-order valence-corrected chi connectivity index (χ2v) is 6.83. The molecule has 3 heterocycles. The fraction of sp³-hybridized carbons (Fsp3) is 0.182. The van der Waals surface area contributed by atoms with Gasteiger partial charge in [-0.2, -0.15) is 5.10 Å². The number of rotatable bonds is 6. The Morgan fingerprint density at radius 3 is 2.55 bits per heavy atom. The predicted molar refractivity (Wildman–Crippen MR) is 109 cm³/mol. The molecule has 1 amide bonds. The van der Waals surface area contributed by atoms with Crippen molar-refractivity contribution < 1.29 is 9.59 Å². The van der Waals surface area contributed by atoms with Crippen molar-refractivity contribution in [1.29, 1.82) is 0 Å². The number of amides is 1. The van der Waals surface area contributed by atoms with E-state index in [9.17, 15) is 9.59 Å². The lowest BCUT2D eigenvalue weighted by atomic mass is 10.1. The lowest BCUT2D eigenvalue weighted by molar-refractivity contribution is -0.116. The largest absolute Gasteiger partial charge is 0.349 e. The van der Waals surface area contributed by atoms with E-state index in [-0.39, 0.29) is 0 Å². The van der Waals surface area contributed by atoms with Crippen LogP contribution in [0.15, 0.2) is 60.9 Å². The molecule has 0 spiro atoms. The summed E-state index contributed by atoms with van der Waals surface area (Å²) < 4.78 is 3.61. The Morgan fingerprint density at radius 2 is 1.79 bits per heavy atom. The minimum absolute atomic E-state index is 0.333. The highest BCUT2D eigenvalue weighted by atomic mass is 16.2. The lowest BCUT2D eigenvalue weighted by Gasteiger charge is -2.05. The number of carbonyl (C=O) groups excluding carboxylic acids is 2. The van der Waals surface area contributed by atoms with Gasteiger partial charge in [0.2, 0.25) is 0 Å². The first-order valence-corrected chi connectivity index (χ1v) is 9.41. The highest BCUT2D eigenvalue weighted by molar-refractivity contribution is 6.43. The number of para-hydroxylation sites is 1. The zero-order valence-electron chi connectivity index (χ0n) is 16.3. The van der Waals surface area contributed by atoms with Crippen molar-refractivity contribution in [2.75, 3.05) is 6.54 Å². The van der Waals surface area contributed by atoms with E-state index >= 15 is 0 Å². The molecule has 0 radical (unpaired) electrons. The molecule has 0 saturated heterocycles. The molecule has 146 valence electrons. The lowest BCUT2D eigenvalue weighted by Crippen LogP contribution is -2.33. The molecule has 4 rings (SSSR count). The summed E-state index contributed by atoms with van der Waals surface area (Å²) in [5, 5.41) is 7.14. The van der Waals surface area contributed by atoms with Crippen LogP contribution in [-0.4, -0.2) is 37.4 Å². The summed E-state index contributed by atoms with van der Waals surface area (Å²) in [5.74, 6) is -1.20. The van der Waals surface area contributed by atoms with Crippen LogP contribution in [0.4, 0.5) is 0 Å². The molecule has 7 heteroatoms. The van der Waals surface area contributed by atoms with E-state index in [1.165, 1.54) is 0 Å². The van der Waals surface area contributed by atoms with Gasteiger partial charge in [-0.15, -0.1) is 0 Å². The maximum Gasteiger partial charge on any atom is 0.292 e. The monoisotopic (exact) mass is 387 g/mol. The van der Waals surface area contributed by atoms with Crippen molar-refractivity contribution in [3.63, 3.8) is 0 Å². The quantitative estimate of drug-likeness (QED) is 0.407. The van der Waals surface area contributed by atoms with Crippen LogP contribution in [0.25, 0.3) is 11.3 Å². The zero-order valence-corrected chi connectivity index (χ0v) is 16.3. The van der Waals surface area contributed by atoms with E-state index in [4.69, 9.17) is 0 Å². The second kappa shape index (κ2) is 7.71. The van der Waals surface area contributed by atoms with E-state index < -0.39 is 11.7 Å². The Bertz CT molecular complexity index is 1160. The molecule has 0 saturated carbocycles. The maximum atomic E-state index is 12.7. The summed E-state index contributed by atoms with van der Waals surface area (Å²) in [6.45, 7) is 3.87. The van der Waals surface area contributed by atoms with Crippen LogP contribution in [0, 0.1) is 13.8 Å². The van der Waals surface area contributed by atoms with Gasteiger partial charge in [0.25, 0.3) is 11.7 Å². The number of ketones is 1. The van der Waals surface area contributed by atoms with E-state index in [2.05, 4.69) is 15.4 Å². The van der Waals surface area contributed by atoms with Crippen molar-refractivity contribution in [2.24, 2.45) is 0 Å². The van der Waals surface area contributed by atoms with Crippen molar-refractivity contribution in [2.45, 2.75) is 20.3 Å². The number of benzene rings is 1. The molecular formula is C22H21N5O2. The van der Waals surface area contributed by atoms with Gasteiger partial charge in [-0.3, -0.25) is 9.59 Å². The zero-order chi connectivity index (χ0) is 20.4. The molecule has 0 fully saturated rings. The normalized spacial score (nSPS) is 11.0. The number of Topliss-reactive ketones (excluding diaryl/α,β-unsaturated/α-hetero) is 1. The van der Waals surface area contributed by atoms with Crippen LogP contribution >= 0.6 is 0 Å². The molecule has 29 heavy (non-hydrogen) atoms. The maximum absolute atomic E-state index is 12.7. The SMILES string of the molecule is Cc1nn(-c2ccccc2)c(C)c1C(=O)C(=O)NCCc1cn2ccccc2n1. The van der Waals surface area contributed by atoms with Crippen LogP contribution in [0.1, 0.15) is 27.4 Å². The van der Waals surface area contributed by atoms with Gasteiger partial charge in [0.05, 0.1) is 28.3 Å². The van der Waals surface area contributed by atoms with E-state index in [1.807, 2.05) is 65.3 Å². The predicted octanol–water partition coefficient (Wildman–Crippen LogP) is 2.68. The average molecular weight is 387 g/mol. The molecule has 0 atom stereocenters. The number of imidazole rings is 1. The molecule has 1 N–H and O–H groups in total. The Kier molecular flexibility index (Phi) is 4.95. The topological polar surface area (TPSA) is 81.3 Å². The third kappa shape index (κ3) is 3.67. The minimum Gasteiger partial charge on any atom is -0.349 e. The Morgan fingerprint density at radius 1 is 1.03 bits per heavy atom. The molecule has 4 aromatic rings. The van der Waals surface area contributed by atoms with Crippen LogP contribution in [0.5, 0.6) is 0 Å². The summed E-state index contributed by atoms with van der Waals surface area (Å²) in [7, 11) is 0. The molecule has 3 aromatic heterocycles. The molecule has 1 aromatic carbocycles. The third-order valence-electron chi connectivity index (χ3n) is 4.81. The van der Waals surface area contributed by atoms with Gasteiger partial charge in [-0.05, 0) is 38.1 Å². The molecule has 0 unspecified atom stereocenters. The number of nitrogens with one attached hydrogen (secondary N) is 1. The Labute approximate surface area is 168 Å². The van der Waals surface area contributed by atoms with Gasteiger partial charge < -0.3 is 9.72 Å². The Balaban J connectivity index is 1.44. The van der Waals surface area contributed by atoms with Gasteiger partial charge in [0, 0.05) is 25.4 Å². The summed E-state index contributed by atoms with van der Waals surface area (Å²) in [6, 6.07) is 15.3. The number of hydrogen-bond donors (Lipinski definition) is 1. The van der Waals surface area contributed by atoms with E-state index in [0.29, 0.717) is 29.9 Å².